The SMILES string of the molecule is COCC1(O)CCC2(C)C(CCC3C2CCC2(C)C(C(=O)CNc4cnccc4NN)CCC32)C1. The van der Waals surface area contributed by atoms with Crippen molar-refractivity contribution in [1.82, 2.24) is 4.98 Å². The average molecular weight is 485 g/mol. The highest BCUT2D eigenvalue weighted by Crippen LogP contribution is 2.68. The van der Waals surface area contributed by atoms with E-state index in [2.05, 4.69) is 29.6 Å². The fourth-order valence-electron chi connectivity index (χ4n) is 9.22. The molecule has 8 unspecified atom stereocenters. The summed E-state index contributed by atoms with van der Waals surface area (Å²) in [6.07, 6.45) is 13.2. The van der Waals surface area contributed by atoms with Crippen molar-refractivity contribution in [2.45, 2.75) is 77.2 Å². The summed E-state index contributed by atoms with van der Waals surface area (Å²) in [5.41, 5.74) is 3.94. The molecule has 5 rings (SSSR count). The molecule has 35 heavy (non-hydrogen) atoms. The Bertz CT molecular complexity index is 943. The lowest BCUT2D eigenvalue weighted by molar-refractivity contribution is -0.164. The predicted octanol–water partition coefficient (Wildman–Crippen LogP) is 4.38. The minimum Gasteiger partial charge on any atom is -0.387 e. The van der Waals surface area contributed by atoms with Gasteiger partial charge in [-0.2, -0.15) is 0 Å². The van der Waals surface area contributed by atoms with Crippen molar-refractivity contribution in [3.8, 4) is 0 Å². The quantitative estimate of drug-likeness (QED) is 0.336. The second-order valence-electron chi connectivity index (χ2n) is 12.6. The minimum absolute atomic E-state index is 0.0957. The Balaban J connectivity index is 1.27. The van der Waals surface area contributed by atoms with Crippen LogP contribution < -0.4 is 16.6 Å². The molecule has 7 nitrogen and oxygen atoms in total. The molecule has 5 N–H and O–H groups in total. The summed E-state index contributed by atoms with van der Waals surface area (Å²) in [6.45, 7) is 5.70. The predicted molar refractivity (Wildman–Crippen MR) is 138 cm³/mol. The van der Waals surface area contributed by atoms with Crippen LogP contribution in [0.1, 0.15) is 71.6 Å². The molecule has 1 heterocycles. The summed E-state index contributed by atoms with van der Waals surface area (Å²) < 4.78 is 5.37. The molecule has 8 atom stereocenters. The Hall–Kier alpha value is -1.70. The zero-order chi connectivity index (χ0) is 24.8. The molecular formula is C28H44N4O3. The number of hydrazine groups is 1. The highest BCUT2D eigenvalue weighted by Gasteiger charge is 2.62. The van der Waals surface area contributed by atoms with Gasteiger partial charge in [0.2, 0.25) is 0 Å². The number of ketones is 1. The van der Waals surface area contributed by atoms with Gasteiger partial charge in [0, 0.05) is 19.2 Å². The molecule has 0 saturated heterocycles. The number of rotatable bonds is 7. The van der Waals surface area contributed by atoms with E-state index in [4.69, 9.17) is 10.6 Å². The van der Waals surface area contributed by atoms with Gasteiger partial charge < -0.3 is 20.6 Å². The van der Waals surface area contributed by atoms with Gasteiger partial charge in [0.15, 0.2) is 5.78 Å². The second kappa shape index (κ2) is 9.31. The van der Waals surface area contributed by atoms with Crippen molar-refractivity contribution in [2.75, 3.05) is 31.0 Å². The van der Waals surface area contributed by atoms with Crippen LogP contribution in [0.2, 0.25) is 0 Å². The first kappa shape index (κ1) is 25.0. The highest BCUT2D eigenvalue weighted by molar-refractivity contribution is 5.87. The molecule has 4 saturated carbocycles. The van der Waals surface area contributed by atoms with Crippen LogP contribution in [0.5, 0.6) is 0 Å². The Morgan fingerprint density at radius 2 is 1.91 bits per heavy atom. The first-order chi connectivity index (χ1) is 16.7. The number of carbonyl (C=O) groups is 1. The maximum atomic E-state index is 13.5. The van der Waals surface area contributed by atoms with E-state index in [9.17, 15) is 9.90 Å². The number of nitrogens with zero attached hydrogens (tertiary/aromatic N) is 1. The molecule has 0 radical (unpaired) electrons. The van der Waals surface area contributed by atoms with E-state index in [1.807, 2.05) is 0 Å². The summed E-state index contributed by atoms with van der Waals surface area (Å²) in [7, 11) is 1.70. The van der Waals surface area contributed by atoms with Crippen LogP contribution in [-0.4, -0.2) is 41.7 Å². The lowest BCUT2D eigenvalue weighted by Crippen LogP contribution is -2.57. The van der Waals surface area contributed by atoms with Crippen molar-refractivity contribution in [3.63, 3.8) is 0 Å². The molecule has 0 spiro atoms. The number of hydrogen-bond acceptors (Lipinski definition) is 7. The topological polar surface area (TPSA) is 110 Å². The molecule has 1 aromatic rings. The first-order valence-corrected chi connectivity index (χ1v) is 13.6. The third kappa shape index (κ3) is 4.17. The molecule has 4 aliphatic carbocycles. The number of aliphatic hydroxyl groups is 1. The van der Waals surface area contributed by atoms with Gasteiger partial charge in [-0.3, -0.25) is 15.6 Å². The largest absolute Gasteiger partial charge is 0.387 e. The van der Waals surface area contributed by atoms with E-state index in [1.54, 1.807) is 25.6 Å². The zero-order valence-corrected chi connectivity index (χ0v) is 21.7. The minimum atomic E-state index is -0.652. The summed E-state index contributed by atoms with van der Waals surface area (Å²) in [6, 6.07) is 1.80. The molecule has 4 aliphatic rings. The van der Waals surface area contributed by atoms with Crippen molar-refractivity contribution in [2.24, 2.45) is 46.3 Å². The van der Waals surface area contributed by atoms with Crippen LogP contribution in [0.25, 0.3) is 0 Å². The molecule has 1 aromatic heterocycles. The molecule has 194 valence electrons. The Labute approximate surface area is 210 Å². The number of carbonyl (C=O) groups excluding carboxylic acids is 1. The normalized spacial score (nSPS) is 42.5. The standard InChI is InChI=1S/C28H44N4O3/c1-26-11-12-28(34,17-35-3)14-18(26)4-5-19-20-6-7-22(27(20,2)10-8-21(19)26)25(33)16-31-24-15-30-13-9-23(24)32-29/h9,13,15,18-22,31,34H,4-8,10-12,14,16-17,29H2,1-3H3,(H,30,32). The number of ether oxygens (including phenoxy) is 1. The maximum Gasteiger partial charge on any atom is 0.155 e. The van der Waals surface area contributed by atoms with Gasteiger partial charge in [0.05, 0.1) is 36.3 Å². The lowest BCUT2D eigenvalue weighted by atomic mass is 9.44. The fourth-order valence-corrected chi connectivity index (χ4v) is 9.22. The van der Waals surface area contributed by atoms with Crippen LogP contribution in [-0.2, 0) is 9.53 Å². The Kier molecular flexibility index (Phi) is 6.64. The van der Waals surface area contributed by atoms with E-state index < -0.39 is 5.60 Å². The van der Waals surface area contributed by atoms with E-state index in [-0.39, 0.29) is 11.3 Å². The van der Waals surface area contributed by atoms with Gasteiger partial charge in [-0.1, -0.05) is 13.8 Å². The maximum absolute atomic E-state index is 13.5. The summed E-state index contributed by atoms with van der Waals surface area (Å²) >= 11 is 0. The Morgan fingerprint density at radius 1 is 1.11 bits per heavy atom. The zero-order valence-electron chi connectivity index (χ0n) is 21.7. The van der Waals surface area contributed by atoms with Gasteiger partial charge in [-0.25, -0.2) is 0 Å². The smallest absolute Gasteiger partial charge is 0.155 e. The molecular weight excluding hydrogens is 440 g/mol. The third-order valence-corrected chi connectivity index (χ3v) is 11.1. The van der Waals surface area contributed by atoms with E-state index >= 15 is 0 Å². The van der Waals surface area contributed by atoms with Crippen LogP contribution >= 0.6 is 0 Å². The Morgan fingerprint density at radius 3 is 2.69 bits per heavy atom. The van der Waals surface area contributed by atoms with Crippen LogP contribution in [0.3, 0.4) is 0 Å². The number of pyridine rings is 1. The average Bonchev–Trinajstić information content (AvgIpc) is 3.20. The first-order valence-electron chi connectivity index (χ1n) is 13.6. The highest BCUT2D eigenvalue weighted by atomic mass is 16.5. The van der Waals surface area contributed by atoms with E-state index in [0.717, 1.165) is 43.5 Å². The molecule has 0 amide bonds. The van der Waals surface area contributed by atoms with Crippen LogP contribution in [0.15, 0.2) is 18.5 Å². The molecule has 0 bridgehead atoms. The molecule has 0 aromatic carbocycles. The number of aromatic nitrogens is 1. The van der Waals surface area contributed by atoms with E-state index in [0.29, 0.717) is 48.0 Å². The van der Waals surface area contributed by atoms with Gasteiger partial charge in [-0.15, -0.1) is 0 Å². The number of fused-ring (bicyclic) bond motifs is 5. The van der Waals surface area contributed by atoms with Crippen molar-refractivity contribution in [1.29, 1.82) is 0 Å². The van der Waals surface area contributed by atoms with Crippen molar-refractivity contribution >= 4 is 17.2 Å². The lowest BCUT2D eigenvalue weighted by Gasteiger charge is -2.62. The summed E-state index contributed by atoms with van der Waals surface area (Å²) in [5.74, 6) is 8.69. The van der Waals surface area contributed by atoms with Gasteiger partial charge in [0.1, 0.15) is 0 Å². The molecule has 0 aliphatic heterocycles. The number of nitrogens with one attached hydrogen (secondary N) is 2. The number of nitrogen functional groups attached to an aromatic ring is 1. The van der Waals surface area contributed by atoms with Crippen molar-refractivity contribution in [3.05, 3.63) is 18.5 Å². The number of anilines is 2. The van der Waals surface area contributed by atoms with Gasteiger partial charge >= 0.3 is 0 Å². The molecule has 4 fully saturated rings. The number of Topliss-reactive ketones (excluding diaryl/α,β-unsaturated/α-hetero) is 1. The summed E-state index contributed by atoms with van der Waals surface area (Å²) in [5, 5.41) is 14.4. The summed E-state index contributed by atoms with van der Waals surface area (Å²) in [4.78, 5) is 17.6. The second-order valence-corrected chi connectivity index (χ2v) is 12.6. The monoisotopic (exact) mass is 484 g/mol. The fraction of sp³-hybridized carbons (Fsp3) is 0.786. The van der Waals surface area contributed by atoms with E-state index in [1.165, 1.54) is 25.7 Å². The third-order valence-electron chi connectivity index (χ3n) is 11.1. The van der Waals surface area contributed by atoms with Gasteiger partial charge in [0.25, 0.3) is 0 Å². The number of nitrogens with two attached hydrogens (primary N) is 1. The van der Waals surface area contributed by atoms with Crippen molar-refractivity contribution < 1.29 is 14.6 Å². The molecule has 7 heteroatoms. The van der Waals surface area contributed by atoms with Crippen LogP contribution in [0, 0.1) is 40.4 Å². The number of hydrogen-bond donors (Lipinski definition) is 4. The van der Waals surface area contributed by atoms with Gasteiger partial charge in [-0.05, 0) is 98.4 Å². The number of methoxy groups -OCH3 is 1. The van der Waals surface area contributed by atoms with Crippen LogP contribution in [0.4, 0.5) is 11.4 Å².